The average Bonchev–Trinajstić information content (AvgIpc) is 2.57. The molecule has 3 N–H and O–H groups in total. The van der Waals surface area contributed by atoms with Gasteiger partial charge in [0, 0.05) is 12.8 Å². The maximum Gasteiger partial charge on any atom is 0.466 e. The third-order valence-corrected chi connectivity index (χ3v) is 3.80. The fraction of sp³-hybridized carbons (Fsp3) is 1.00. The van der Waals surface area contributed by atoms with Crippen molar-refractivity contribution in [2.75, 3.05) is 0 Å². The van der Waals surface area contributed by atoms with Crippen molar-refractivity contribution in [3.05, 3.63) is 5.32 Å². The van der Waals surface area contributed by atoms with Crippen LogP contribution in [0.15, 0.2) is 0 Å². The number of alkyl halides is 16. The number of rotatable bonds is 12. The lowest BCUT2D eigenvalue weighted by Gasteiger charge is -2.43. The Kier molecular flexibility index (Phi) is 12.1. The Morgan fingerprint density at radius 1 is 0.639 bits per heavy atom. The second-order valence-corrected chi connectivity index (χ2v) is 8.25. The first-order valence-electron chi connectivity index (χ1n) is 8.70. The molecule has 0 radical (unpaired) electrons. The molecule has 0 atom stereocenters. The molecule has 220 valence electrons. The zero-order valence-corrected chi connectivity index (χ0v) is 18.3. The van der Waals surface area contributed by atoms with E-state index in [1.807, 2.05) is 0 Å². The van der Waals surface area contributed by atoms with Crippen LogP contribution in [0.25, 0.3) is 5.32 Å². The van der Waals surface area contributed by atoms with Gasteiger partial charge in [-0.1, -0.05) is 13.8 Å². The number of hydrogen-bond acceptors (Lipinski definition) is 1. The number of hydrogen-bond donors (Lipinski definition) is 3. The van der Waals surface area contributed by atoms with Crippen LogP contribution in [0.5, 0.6) is 0 Å². The Hall–Kier alpha value is -1.05. The van der Waals surface area contributed by atoms with Crippen LogP contribution in [0.1, 0.15) is 26.7 Å². The van der Waals surface area contributed by atoms with Gasteiger partial charge in [-0.2, -0.15) is 52.7 Å². The van der Waals surface area contributed by atoms with Crippen molar-refractivity contribution in [2.24, 2.45) is 0 Å². The first-order valence-corrected chi connectivity index (χ1v) is 10.3. The van der Waals surface area contributed by atoms with E-state index in [1.165, 1.54) is 0 Å². The van der Waals surface area contributed by atoms with E-state index in [9.17, 15) is 70.2 Å². The molecule has 0 unspecified atom stereocenters. The molecule has 0 aliphatic heterocycles. The van der Waals surface area contributed by atoms with Crippen molar-refractivity contribution in [3.8, 4) is 0 Å². The van der Waals surface area contributed by atoms with Crippen LogP contribution < -0.4 is 0 Å². The third-order valence-electron chi connectivity index (χ3n) is 3.80. The minimum atomic E-state index is -6.91. The van der Waals surface area contributed by atoms with Crippen LogP contribution in [0.3, 0.4) is 0 Å². The van der Waals surface area contributed by atoms with E-state index in [4.69, 9.17) is 19.2 Å². The molecule has 0 fully saturated rings. The lowest BCUT2D eigenvalue weighted by atomic mass is 9.91. The van der Waals surface area contributed by atoms with Crippen LogP contribution in [0.2, 0.25) is 0 Å². The molecule has 0 saturated carbocycles. The molecule has 0 amide bonds. The van der Waals surface area contributed by atoms with E-state index in [1.54, 1.807) is 0 Å². The summed E-state index contributed by atoms with van der Waals surface area (Å²) in [6, 6.07) is -4.69. The van der Waals surface area contributed by atoms with Gasteiger partial charge < -0.3 is 20.0 Å². The van der Waals surface area contributed by atoms with Gasteiger partial charge in [0.2, 0.25) is 0 Å². The highest BCUT2D eigenvalue weighted by Crippen LogP contribution is 2.54. The predicted octanol–water partition coefficient (Wildman–Crippen LogP) is 6.33. The number of halogens is 16. The van der Waals surface area contributed by atoms with Gasteiger partial charge in [-0.05, 0) is 0 Å². The summed E-state index contributed by atoms with van der Waals surface area (Å²) in [4.78, 5) is 21.6. The molecule has 0 saturated heterocycles. The minimum absolute atomic E-state index is 0.848. The first-order chi connectivity index (χ1) is 15.4. The fourth-order valence-corrected chi connectivity index (χ4v) is 2.21. The van der Waals surface area contributed by atoms with Crippen LogP contribution in [0.4, 0.5) is 70.2 Å². The van der Waals surface area contributed by atoms with Crippen molar-refractivity contribution in [2.45, 2.75) is 87.2 Å². The SMILES string of the molecule is CC(C)[N-]C(CC(F)(F)C(F)(F)C(F)(F)C(F)F)CC(F)(F)C(F)(F)C(F)(F)C(F)F.O=P(O)(O)O. The zero-order chi connectivity index (χ0) is 29.9. The molecular weight excluding hydrogens is 581 g/mol. The smallest absolute Gasteiger partial charge is 0.466 e. The molecule has 0 bridgehead atoms. The normalized spacial score (nSPS) is 15.1. The zero-order valence-electron chi connectivity index (χ0n) is 17.4. The largest absolute Gasteiger partial charge is 0.657 e. The van der Waals surface area contributed by atoms with Crippen molar-refractivity contribution in [3.63, 3.8) is 0 Å². The highest BCUT2D eigenvalue weighted by atomic mass is 31.2. The molecule has 0 aliphatic rings. The maximum atomic E-state index is 13.7. The third kappa shape index (κ3) is 9.05. The van der Waals surface area contributed by atoms with E-state index in [0.29, 0.717) is 0 Å². The van der Waals surface area contributed by atoms with Gasteiger partial charge in [0.05, 0.1) is 0 Å². The van der Waals surface area contributed by atoms with Gasteiger partial charge >= 0.3 is 56.2 Å². The molecular formula is C14H17F16NO4P-. The fourth-order valence-electron chi connectivity index (χ4n) is 2.21. The summed E-state index contributed by atoms with van der Waals surface area (Å²) in [5, 5.41) is 2.84. The molecule has 0 aliphatic carbocycles. The van der Waals surface area contributed by atoms with Gasteiger partial charge in [0.1, 0.15) is 0 Å². The Morgan fingerprint density at radius 3 is 1.03 bits per heavy atom. The van der Waals surface area contributed by atoms with Crippen molar-refractivity contribution in [1.82, 2.24) is 0 Å². The highest BCUT2D eigenvalue weighted by molar-refractivity contribution is 7.45. The van der Waals surface area contributed by atoms with Crippen LogP contribution >= 0.6 is 7.82 Å². The molecule has 0 aromatic heterocycles. The van der Waals surface area contributed by atoms with Gasteiger partial charge in [-0.3, -0.25) is 0 Å². The Morgan fingerprint density at radius 2 is 0.861 bits per heavy atom. The Balaban J connectivity index is 0. The van der Waals surface area contributed by atoms with Gasteiger partial charge in [-0.25, -0.2) is 22.1 Å². The molecule has 0 spiro atoms. The Bertz CT molecular complexity index is 688. The standard InChI is InChI=1S/C14H14F16N.H3O4P/c1-5(2)31-6(3-9(19,20)13(27,28)11(23,24)7(15)16)4-10(21,22)14(29,30)12(25,26)8(17)18;1-5(2,3)4/h5-8H,3-4H2,1-2H3;(H3,1,2,3,4)/q-1;. The van der Waals surface area contributed by atoms with Crippen LogP contribution in [-0.2, 0) is 4.57 Å². The predicted molar refractivity (Wildman–Crippen MR) is 87.5 cm³/mol. The molecule has 0 aromatic carbocycles. The van der Waals surface area contributed by atoms with Crippen molar-refractivity contribution < 1.29 is 89.5 Å². The molecule has 0 heterocycles. The Labute approximate surface area is 191 Å². The average molecular weight is 598 g/mol. The van der Waals surface area contributed by atoms with E-state index < -0.39 is 81.1 Å². The number of phosphoric acid groups is 1. The molecule has 0 aromatic rings. The van der Waals surface area contributed by atoms with E-state index >= 15 is 0 Å². The van der Waals surface area contributed by atoms with Gasteiger partial charge in [0.25, 0.3) is 0 Å². The quantitative estimate of drug-likeness (QED) is 0.181. The lowest BCUT2D eigenvalue weighted by Crippen LogP contribution is -2.60. The van der Waals surface area contributed by atoms with Crippen LogP contribution in [-0.4, -0.2) is 75.1 Å². The van der Waals surface area contributed by atoms with E-state index in [0.717, 1.165) is 13.8 Å². The van der Waals surface area contributed by atoms with Crippen molar-refractivity contribution in [1.29, 1.82) is 0 Å². The number of nitrogens with zero attached hydrogens (tertiary/aromatic N) is 1. The van der Waals surface area contributed by atoms with Crippen LogP contribution in [0, 0.1) is 0 Å². The summed E-state index contributed by atoms with van der Waals surface area (Å²) in [6.45, 7) is 1.70. The summed E-state index contributed by atoms with van der Waals surface area (Å²) in [5.74, 6) is -39.8. The van der Waals surface area contributed by atoms with E-state index in [-0.39, 0.29) is 0 Å². The van der Waals surface area contributed by atoms with E-state index in [2.05, 4.69) is 5.32 Å². The molecule has 36 heavy (non-hydrogen) atoms. The van der Waals surface area contributed by atoms with Gasteiger partial charge in [0.15, 0.2) is 0 Å². The molecule has 5 nitrogen and oxygen atoms in total. The highest BCUT2D eigenvalue weighted by Gasteiger charge is 2.77. The topological polar surface area (TPSA) is 91.9 Å². The summed E-state index contributed by atoms with van der Waals surface area (Å²) in [5.41, 5.74) is 0. The second kappa shape index (κ2) is 11.8. The summed E-state index contributed by atoms with van der Waals surface area (Å²) in [6.07, 6.45) is -16.7. The summed E-state index contributed by atoms with van der Waals surface area (Å²) >= 11 is 0. The monoisotopic (exact) mass is 598 g/mol. The van der Waals surface area contributed by atoms with Gasteiger partial charge in [-0.15, -0.1) is 12.1 Å². The molecule has 22 heteroatoms. The lowest BCUT2D eigenvalue weighted by molar-refractivity contribution is -0.346. The summed E-state index contributed by atoms with van der Waals surface area (Å²) in [7, 11) is -4.64. The summed E-state index contributed by atoms with van der Waals surface area (Å²) < 4.78 is 216. The second-order valence-electron chi connectivity index (χ2n) is 7.22. The maximum absolute atomic E-state index is 13.7. The van der Waals surface area contributed by atoms with Crippen molar-refractivity contribution >= 4 is 7.82 Å². The minimum Gasteiger partial charge on any atom is -0.657 e. The first kappa shape index (κ1) is 37.1. The molecule has 0 rings (SSSR count).